The van der Waals surface area contributed by atoms with Gasteiger partial charge in [0, 0.05) is 0 Å². The Bertz CT molecular complexity index is 622. The Morgan fingerprint density at radius 1 is 1.00 bits per heavy atom. The van der Waals surface area contributed by atoms with Gasteiger partial charge in [-0.3, -0.25) is 0 Å². The van der Waals surface area contributed by atoms with Gasteiger partial charge in [-0.05, 0) is 54.5 Å². The number of aryl methyl sites for hydroxylation is 1. The minimum absolute atomic E-state index is 0.119. The van der Waals surface area contributed by atoms with Crippen LogP contribution >= 0.6 is 0 Å². The Kier molecular flexibility index (Phi) is 5.65. The third kappa shape index (κ3) is 3.78. The summed E-state index contributed by atoms with van der Waals surface area (Å²) < 4.78 is 21.3. The van der Waals surface area contributed by atoms with Gasteiger partial charge in [-0.1, -0.05) is 6.92 Å². The normalized spacial score (nSPS) is 20.0. The number of hydrogen-bond acceptors (Lipinski definition) is 5. The highest BCUT2D eigenvalue weighted by Gasteiger charge is 2.27. The summed E-state index contributed by atoms with van der Waals surface area (Å²) in [5.41, 5.74) is 0.979. The number of benzene rings is 1. The Balaban J connectivity index is 2.16. The molecule has 24 heavy (non-hydrogen) atoms. The molecular formula is C19H26O5. The smallest absolute Gasteiger partial charge is 0.203 e. The highest BCUT2D eigenvalue weighted by molar-refractivity contribution is 5.53. The second-order valence-corrected chi connectivity index (χ2v) is 6.19. The summed E-state index contributed by atoms with van der Waals surface area (Å²) in [7, 11) is 6.38. The lowest BCUT2D eigenvalue weighted by atomic mass is 9.78. The van der Waals surface area contributed by atoms with Crippen LogP contribution in [0.15, 0.2) is 35.8 Å². The number of rotatable bonds is 7. The number of methoxy groups -OCH3 is 4. The molecule has 0 aromatic heterocycles. The molecule has 132 valence electrons. The summed E-state index contributed by atoms with van der Waals surface area (Å²) in [6.07, 6.45) is 6.34. The fourth-order valence-corrected chi connectivity index (χ4v) is 2.96. The Morgan fingerprint density at radius 3 is 2.08 bits per heavy atom. The predicted octanol–water partition coefficient (Wildman–Crippen LogP) is 4.03. The molecule has 1 aliphatic rings. The molecule has 0 saturated carbocycles. The summed E-state index contributed by atoms with van der Waals surface area (Å²) in [6.45, 7) is 2.13. The van der Waals surface area contributed by atoms with Crippen molar-refractivity contribution in [2.75, 3.05) is 28.4 Å². The first-order chi connectivity index (χ1) is 11.5. The number of aliphatic hydroxyl groups is 1. The quantitative estimate of drug-likeness (QED) is 0.816. The van der Waals surface area contributed by atoms with Gasteiger partial charge in [0.2, 0.25) is 5.75 Å². The van der Waals surface area contributed by atoms with Crippen LogP contribution < -0.4 is 14.2 Å². The first-order valence-electron chi connectivity index (χ1n) is 7.91. The van der Waals surface area contributed by atoms with Crippen molar-refractivity contribution >= 4 is 0 Å². The molecule has 0 spiro atoms. The average Bonchev–Trinajstić information content (AvgIpc) is 2.59. The SMILES string of the molecule is COC1=CCC(C)(CCc2cc(OC)c(OC)c(OC)c2)C=C1O. The van der Waals surface area contributed by atoms with Crippen molar-refractivity contribution in [2.24, 2.45) is 5.41 Å². The summed E-state index contributed by atoms with van der Waals surface area (Å²) in [4.78, 5) is 0. The van der Waals surface area contributed by atoms with Crippen molar-refractivity contribution in [3.05, 3.63) is 41.4 Å². The van der Waals surface area contributed by atoms with Gasteiger partial charge in [0.15, 0.2) is 23.0 Å². The highest BCUT2D eigenvalue weighted by Crippen LogP contribution is 2.40. The maximum atomic E-state index is 10.0. The lowest BCUT2D eigenvalue weighted by Crippen LogP contribution is -2.18. The van der Waals surface area contributed by atoms with E-state index in [1.807, 2.05) is 24.3 Å². The van der Waals surface area contributed by atoms with Crippen LogP contribution in [0.4, 0.5) is 0 Å². The maximum Gasteiger partial charge on any atom is 0.203 e. The molecule has 0 heterocycles. The van der Waals surface area contributed by atoms with E-state index >= 15 is 0 Å². The molecule has 1 N–H and O–H groups in total. The van der Waals surface area contributed by atoms with Crippen molar-refractivity contribution in [1.82, 2.24) is 0 Å². The van der Waals surface area contributed by atoms with Gasteiger partial charge >= 0.3 is 0 Å². The average molecular weight is 334 g/mol. The van der Waals surface area contributed by atoms with Crippen molar-refractivity contribution in [2.45, 2.75) is 26.2 Å². The van der Waals surface area contributed by atoms with Gasteiger partial charge in [-0.2, -0.15) is 0 Å². The van der Waals surface area contributed by atoms with Gasteiger partial charge in [-0.15, -0.1) is 0 Å². The largest absolute Gasteiger partial charge is 0.504 e. The summed E-state index contributed by atoms with van der Waals surface area (Å²) in [5, 5.41) is 10.0. The van der Waals surface area contributed by atoms with Gasteiger partial charge in [-0.25, -0.2) is 0 Å². The van der Waals surface area contributed by atoms with Crippen LogP contribution in [0.3, 0.4) is 0 Å². The standard InChI is InChI=1S/C19H26O5/c1-19(9-7-15(21-2)14(20)12-19)8-6-13-10-16(22-3)18(24-5)17(11-13)23-4/h7,10-12,20H,6,8-9H2,1-5H3. The molecule has 1 aliphatic carbocycles. The predicted molar refractivity (Wildman–Crippen MR) is 92.9 cm³/mol. The van der Waals surface area contributed by atoms with E-state index in [0.29, 0.717) is 23.0 Å². The van der Waals surface area contributed by atoms with Gasteiger partial charge in [0.25, 0.3) is 0 Å². The van der Waals surface area contributed by atoms with E-state index in [0.717, 1.165) is 24.8 Å². The molecule has 1 unspecified atom stereocenters. The Hall–Kier alpha value is -2.30. The van der Waals surface area contributed by atoms with Crippen LogP contribution in [-0.2, 0) is 11.2 Å². The van der Waals surface area contributed by atoms with Crippen molar-refractivity contribution < 1.29 is 24.1 Å². The monoisotopic (exact) mass is 334 g/mol. The molecule has 0 amide bonds. The molecule has 1 aromatic carbocycles. The molecule has 1 atom stereocenters. The van der Waals surface area contributed by atoms with Gasteiger partial charge < -0.3 is 24.1 Å². The van der Waals surface area contributed by atoms with E-state index in [1.54, 1.807) is 28.4 Å². The number of aliphatic hydroxyl groups excluding tert-OH is 1. The molecule has 2 rings (SSSR count). The zero-order valence-electron chi connectivity index (χ0n) is 15.0. The second-order valence-electron chi connectivity index (χ2n) is 6.19. The molecule has 5 nitrogen and oxygen atoms in total. The summed E-state index contributed by atoms with van der Waals surface area (Å²) >= 11 is 0. The molecule has 0 fully saturated rings. The summed E-state index contributed by atoms with van der Waals surface area (Å²) in [5.74, 6) is 2.65. The van der Waals surface area contributed by atoms with Gasteiger partial charge in [0.1, 0.15) is 0 Å². The first-order valence-corrected chi connectivity index (χ1v) is 7.91. The second kappa shape index (κ2) is 7.51. The first kappa shape index (κ1) is 18.0. The minimum Gasteiger partial charge on any atom is -0.504 e. The lowest BCUT2D eigenvalue weighted by molar-refractivity contribution is 0.235. The topological polar surface area (TPSA) is 57.2 Å². The Labute approximate surface area is 143 Å². The fraction of sp³-hybridized carbons (Fsp3) is 0.474. The number of allylic oxidation sites excluding steroid dienone is 2. The van der Waals surface area contributed by atoms with E-state index < -0.39 is 0 Å². The van der Waals surface area contributed by atoms with Crippen LogP contribution in [-0.4, -0.2) is 33.5 Å². The van der Waals surface area contributed by atoms with Gasteiger partial charge in [0.05, 0.1) is 28.4 Å². The van der Waals surface area contributed by atoms with E-state index in [9.17, 15) is 5.11 Å². The van der Waals surface area contributed by atoms with E-state index in [4.69, 9.17) is 18.9 Å². The number of ether oxygens (including phenoxy) is 4. The van der Waals surface area contributed by atoms with Crippen molar-refractivity contribution in [3.8, 4) is 17.2 Å². The molecule has 1 aromatic rings. The lowest BCUT2D eigenvalue weighted by Gasteiger charge is -2.29. The Morgan fingerprint density at radius 2 is 1.62 bits per heavy atom. The van der Waals surface area contributed by atoms with Crippen LogP contribution in [0.1, 0.15) is 25.3 Å². The molecular weight excluding hydrogens is 308 g/mol. The molecule has 0 bridgehead atoms. The molecule has 0 aliphatic heterocycles. The zero-order chi connectivity index (χ0) is 17.7. The highest BCUT2D eigenvalue weighted by atomic mass is 16.5. The summed E-state index contributed by atoms with van der Waals surface area (Å²) in [6, 6.07) is 3.93. The third-order valence-corrected chi connectivity index (χ3v) is 4.42. The maximum absolute atomic E-state index is 10.0. The van der Waals surface area contributed by atoms with Crippen molar-refractivity contribution in [3.63, 3.8) is 0 Å². The minimum atomic E-state index is -0.119. The van der Waals surface area contributed by atoms with E-state index in [-0.39, 0.29) is 11.2 Å². The van der Waals surface area contributed by atoms with E-state index in [2.05, 4.69) is 6.92 Å². The van der Waals surface area contributed by atoms with Crippen molar-refractivity contribution in [1.29, 1.82) is 0 Å². The molecule has 5 heteroatoms. The third-order valence-electron chi connectivity index (χ3n) is 4.42. The van der Waals surface area contributed by atoms with Crippen LogP contribution in [0.2, 0.25) is 0 Å². The number of hydrogen-bond donors (Lipinski definition) is 1. The fourth-order valence-electron chi connectivity index (χ4n) is 2.96. The van der Waals surface area contributed by atoms with Crippen LogP contribution in [0, 0.1) is 5.41 Å². The van der Waals surface area contributed by atoms with Crippen LogP contribution in [0.5, 0.6) is 17.2 Å². The molecule has 0 saturated heterocycles. The van der Waals surface area contributed by atoms with Crippen LogP contribution in [0.25, 0.3) is 0 Å². The zero-order valence-corrected chi connectivity index (χ0v) is 15.0. The molecule has 0 radical (unpaired) electrons. The van der Waals surface area contributed by atoms with E-state index in [1.165, 1.54) is 0 Å².